The maximum absolute atomic E-state index is 8.28. The third-order valence-electron chi connectivity index (χ3n) is 1.65. The van der Waals surface area contributed by atoms with Crippen LogP contribution in [0.25, 0.3) is 5.57 Å². The van der Waals surface area contributed by atoms with Crippen molar-refractivity contribution in [3.05, 3.63) is 36.4 Å². The smallest absolute Gasteiger partial charge is 0.174 e. The van der Waals surface area contributed by atoms with Crippen molar-refractivity contribution in [2.45, 2.75) is 6.92 Å². The average molecular weight is 173 g/mol. The predicted octanol–water partition coefficient (Wildman–Crippen LogP) is 2.62. The molecule has 0 aliphatic carbocycles. The molecular formula is C11H11NO. The Bertz CT molecular complexity index is 332. The van der Waals surface area contributed by atoms with Crippen LogP contribution in [0.15, 0.2) is 30.8 Å². The highest BCUT2D eigenvalue weighted by Crippen LogP contribution is 2.16. The molecule has 0 unspecified atom stereocenters. The van der Waals surface area contributed by atoms with Crippen molar-refractivity contribution in [1.82, 2.24) is 0 Å². The van der Waals surface area contributed by atoms with E-state index in [1.807, 2.05) is 37.3 Å². The lowest BCUT2D eigenvalue weighted by Crippen LogP contribution is -1.92. The van der Waals surface area contributed by atoms with Gasteiger partial charge < -0.3 is 4.74 Å². The molecule has 0 aromatic heterocycles. The fourth-order valence-electron chi connectivity index (χ4n) is 0.951. The first-order valence-corrected chi connectivity index (χ1v) is 3.99. The van der Waals surface area contributed by atoms with Crippen molar-refractivity contribution in [2.24, 2.45) is 0 Å². The summed E-state index contributed by atoms with van der Waals surface area (Å²) in [6.07, 6.45) is 0. The van der Waals surface area contributed by atoms with E-state index >= 15 is 0 Å². The van der Waals surface area contributed by atoms with Crippen LogP contribution in [0.5, 0.6) is 5.75 Å². The van der Waals surface area contributed by atoms with E-state index < -0.39 is 0 Å². The van der Waals surface area contributed by atoms with Crippen molar-refractivity contribution < 1.29 is 4.74 Å². The van der Waals surface area contributed by atoms with E-state index in [4.69, 9.17) is 10.00 Å². The van der Waals surface area contributed by atoms with Crippen LogP contribution in [0, 0.1) is 11.3 Å². The highest BCUT2D eigenvalue weighted by Gasteiger charge is 1.94. The van der Waals surface area contributed by atoms with E-state index in [0.717, 1.165) is 11.1 Å². The normalized spacial score (nSPS) is 8.92. The van der Waals surface area contributed by atoms with Gasteiger partial charge in [0, 0.05) is 0 Å². The minimum atomic E-state index is 0.0897. The lowest BCUT2D eigenvalue weighted by molar-refractivity contribution is 0.368. The number of hydrogen-bond acceptors (Lipinski definition) is 2. The molecule has 0 saturated carbocycles. The van der Waals surface area contributed by atoms with E-state index in [0.29, 0.717) is 5.75 Å². The van der Waals surface area contributed by atoms with E-state index in [9.17, 15) is 0 Å². The Hall–Kier alpha value is -1.75. The largest absolute Gasteiger partial charge is 0.479 e. The first kappa shape index (κ1) is 9.34. The van der Waals surface area contributed by atoms with Gasteiger partial charge in [0.2, 0.25) is 0 Å². The van der Waals surface area contributed by atoms with E-state index in [-0.39, 0.29) is 6.61 Å². The first-order chi connectivity index (χ1) is 6.24. The van der Waals surface area contributed by atoms with Gasteiger partial charge in [0.1, 0.15) is 11.8 Å². The van der Waals surface area contributed by atoms with Crippen LogP contribution < -0.4 is 4.74 Å². The van der Waals surface area contributed by atoms with Gasteiger partial charge in [-0.15, -0.1) is 0 Å². The molecule has 13 heavy (non-hydrogen) atoms. The maximum atomic E-state index is 8.28. The molecule has 1 rings (SSSR count). The summed E-state index contributed by atoms with van der Waals surface area (Å²) < 4.78 is 5.10. The SMILES string of the molecule is C=C(C)c1ccc(OCC#N)cc1. The summed E-state index contributed by atoms with van der Waals surface area (Å²) in [7, 11) is 0. The number of hydrogen-bond donors (Lipinski definition) is 0. The molecule has 0 heterocycles. The number of nitriles is 1. The minimum absolute atomic E-state index is 0.0897. The quantitative estimate of drug-likeness (QED) is 0.703. The highest BCUT2D eigenvalue weighted by atomic mass is 16.5. The third-order valence-corrected chi connectivity index (χ3v) is 1.65. The van der Waals surface area contributed by atoms with Crippen molar-refractivity contribution in [3.8, 4) is 11.8 Å². The van der Waals surface area contributed by atoms with Crippen molar-refractivity contribution in [1.29, 1.82) is 5.26 Å². The van der Waals surface area contributed by atoms with Crippen molar-refractivity contribution >= 4 is 5.57 Å². The summed E-state index contributed by atoms with van der Waals surface area (Å²) in [5, 5.41) is 8.28. The second-order valence-corrected chi connectivity index (χ2v) is 2.75. The molecule has 2 heteroatoms. The molecule has 0 spiro atoms. The van der Waals surface area contributed by atoms with Gasteiger partial charge in [-0.2, -0.15) is 5.26 Å². The molecule has 2 nitrogen and oxygen atoms in total. The lowest BCUT2D eigenvalue weighted by Gasteiger charge is -2.02. The van der Waals surface area contributed by atoms with Crippen LogP contribution in [-0.2, 0) is 0 Å². The number of nitrogens with zero attached hydrogens (tertiary/aromatic N) is 1. The minimum Gasteiger partial charge on any atom is -0.479 e. The molecule has 0 aliphatic rings. The summed E-state index contributed by atoms with van der Waals surface area (Å²) in [6, 6.07) is 9.43. The zero-order chi connectivity index (χ0) is 9.68. The Kier molecular flexibility index (Phi) is 3.10. The van der Waals surface area contributed by atoms with E-state index in [1.54, 1.807) is 0 Å². The van der Waals surface area contributed by atoms with Gasteiger partial charge in [-0.25, -0.2) is 0 Å². The molecular weight excluding hydrogens is 162 g/mol. The van der Waals surface area contributed by atoms with Crippen molar-refractivity contribution in [2.75, 3.05) is 6.61 Å². The molecule has 0 atom stereocenters. The average Bonchev–Trinajstić information content (AvgIpc) is 2.15. The number of ether oxygens (including phenoxy) is 1. The monoisotopic (exact) mass is 173 g/mol. The maximum Gasteiger partial charge on any atom is 0.174 e. The van der Waals surface area contributed by atoms with E-state index in [1.165, 1.54) is 0 Å². The zero-order valence-corrected chi connectivity index (χ0v) is 7.58. The van der Waals surface area contributed by atoms with Crippen LogP contribution in [0.4, 0.5) is 0 Å². The number of allylic oxidation sites excluding steroid dienone is 1. The molecule has 1 aromatic carbocycles. The fourth-order valence-corrected chi connectivity index (χ4v) is 0.951. The molecule has 0 N–H and O–H groups in total. The summed E-state index contributed by atoms with van der Waals surface area (Å²) >= 11 is 0. The van der Waals surface area contributed by atoms with Crippen LogP contribution in [0.2, 0.25) is 0 Å². The van der Waals surface area contributed by atoms with Crippen LogP contribution in [-0.4, -0.2) is 6.61 Å². The predicted molar refractivity (Wildman–Crippen MR) is 52.3 cm³/mol. The fraction of sp³-hybridized carbons (Fsp3) is 0.182. The zero-order valence-electron chi connectivity index (χ0n) is 7.58. The molecule has 0 aliphatic heterocycles. The molecule has 66 valence electrons. The Morgan fingerprint density at radius 1 is 1.46 bits per heavy atom. The topological polar surface area (TPSA) is 33.0 Å². The molecule has 1 aromatic rings. The highest BCUT2D eigenvalue weighted by molar-refractivity contribution is 5.61. The standard InChI is InChI=1S/C11H11NO/c1-9(2)10-3-5-11(6-4-10)13-8-7-12/h3-6H,1,8H2,2H3. The molecule has 0 fully saturated rings. The van der Waals surface area contributed by atoms with Crippen molar-refractivity contribution in [3.63, 3.8) is 0 Å². The molecule has 0 bridgehead atoms. The third kappa shape index (κ3) is 2.64. The lowest BCUT2D eigenvalue weighted by atomic mass is 10.1. The summed E-state index contributed by atoms with van der Waals surface area (Å²) in [5.41, 5.74) is 2.11. The van der Waals surface area contributed by atoms with Crippen LogP contribution >= 0.6 is 0 Å². The van der Waals surface area contributed by atoms with Gasteiger partial charge >= 0.3 is 0 Å². The van der Waals surface area contributed by atoms with Gasteiger partial charge in [0.15, 0.2) is 6.61 Å². The van der Waals surface area contributed by atoms with Gasteiger partial charge in [-0.3, -0.25) is 0 Å². The molecule has 0 amide bonds. The molecule has 0 saturated heterocycles. The van der Waals surface area contributed by atoms with E-state index in [2.05, 4.69) is 6.58 Å². The number of rotatable bonds is 3. The molecule has 0 radical (unpaired) electrons. The Labute approximate surface area is 78.1 Å². The Morgan fingerprint density at radius 2 is 2.08 bits per heavy atom. The van der Waals surface area contributed by atoms with Gasteiger partial charge in [0.25, 0.3) is 0 Å². The summed E-state index contributed by atoms with van der Waals surface area (Å²) in [5.74, 6) is 0.714. The Morgan fingerprint density at radius 3 is 2.54 bits per heavy atom. The van der Waals surface area contributed by atoms with Gasteiger partial charge in [-0.1, -0.05) is 24.3 Å². The summed E-state index contributed by atoms with van der Waals surface area (Å²) in [4.78, 5) is 0. The second-order valence-electron chi connectivity index (χ2n) is 2.75. The Balaban J connectivity index is 2.71. The van der Waals surface area contributed by atoms with Gasteiger partial charge in [-0.05, 0) is 24.6 Å². The summed E-state index contributed by atoms with van der Waals surface area (Å²) in [6.45, 7) is 5.86. The second kappa shape index (κ2) is 4.32. The van der Waals surface area contributed by atoms with Gasteiger partial charge in [0.05, 0.1) is 0 Å². The number of benzene rings is 1. The van der Waals surface area contributed by atoms with Crippen LogP contribution in [0.1, 0.15) is 12.5 Å². The first-order valence-electron chi connectivity index (χ1n) is 3.99. The van der Waals surface area contributed by atoms with Crippen LogP contribution in [0.3, 0.4) is 0 Å².